The maximum absolute atomic E-state index is 12.3. The van der Waals surface area contributed by atoms with Gasteiger partial charge in [0.1, 0.15) is 6.04 Å². The van der Waals surface area contributed by atoms with Crippen molar-refractivity contribution >= 4 is 17.5 Å². The molecule has 4 fully saturated rings. The maximum Gasteiger partial charge on any atom is 0.261 e. The third kappa shape index (κ3) is 4.18. The van der Waals surface area contributed by atoms with Crippen LogP contribution in [-0.2, 0) is 14.4 Å². The summed E-state index contributed by atoms with van der Waals surface area (Å²) in [5.41, 5.74) is 2.74. The highest BCUT2D eigenvalue weighted by molar-refractivity contribution is 5.96. The predicted octanol–water partition coefficient (Wildman–Crippen LogP) is 3.47. The van der Waals surface area contributed by atoms with Crippen molar-refractivity contribution in [1.29, 1.82) is 0 Å². The molecule has 1 heterocycles. The number of aliphatic hydroxyl groups excluding tert-OH is 1. The van der Waals surface area contributed by atoms with E-state index < -0.39 is 6.04 Å². The van der Waals surface area contributed by atoms with Crippen LogP contribution in [-0.4, -0.2) is 47.9 Å². The highest BCUT2D eigenvalue weighted by atomic mass is 16.6. The van der Waals surface area contributed by atoms with Crippen molar-refractivity contribution < 1.29 is 19.5 Å². The molecule has 2 amide bonds. The lowest BCUT2D eigenvalue weighted by molar-refractivity contribution is -0.131. The molecular weight excluding hydrogens is 430 g/mol. The van der Waals surface area contributed by atoms with Gasteiger partial charge in [-0.2, -0.15) is 0 Å². The van der Waals surface area contributed by atoms with Gasteiger partial charge in [0.05, 0.1) is 11.8 Å². The summed E-state index contributed by atoms with van der Waals surface area (Å²) in [4.78, 5) is 29.7. The van der Waals surface area contributed by atoms with Gasteiger partial charge in [-0.15, -0.1) is 0 Å². The second-order valence-electron chi connectivity index (χ2n) is 11.9. The molecule has 0 spiro atoms. The van der Waals surface area contributed by atoms with Crippen LogP contribution in [0, 0.1) is 28.6 Å². The number of amides is 2. The van der Waals surface area contributed by atoms with Crippen molar-refractivity contribution in [2.24, 2.45) is 33.7 Å². The summed E-state index contributed by atoms with van der Waals surface area (Å²) in [6.45, 7) is 5.29. The van der Waals surface area contributed by atoms with Gasteiger partial charge in [0.25, 0.3) is 5.91 Å². The van der Waals surface area contributed by atoms with Gasteiger partial charge in [-0.3, -0.25) is 9.59 Å². The number of hydrogen-bond donors (Lipinski definition) is 3. The smallest absolute Gasteiger partial charge is 0.261 e. The number of carbonyl (C=O) groups is 2. The van der Waals surface area contributed by atoms with E-state index >= 15 is 0 Å². The lowest BCUT2D eigenvalue weighted by Crippen LogP contribution is -2.51. The summed E-state index contributed by atoms with van der Waals surface area (Å²) < 4.78 is 0. The SMILES string of the molecule is C[C@]12CC[C@H]3[C@@H](CCC4=C/C(=N/OCC(=O)N[C@@H]5CCCCNC5=O)CC[C@@]43C)[C@@H]1CC[C@H]2O. The van der Waals surface area contributed by atoms with Crippen LogP contribution < -0.4 is 10.6 Å². The normalized spacial score (nSPS) is 43.0. The fourth-order valence-electron chi connectivity index (χ4n) is 8.10. The van der Waals surface area contributed by atoms with Crippen LogP contribution in [0.5, 0.6) is 0 Å². The van der Waals surface area contributed by atoms with Crippen LogP contribution in [0.3, 0.4) is 0 Å². The molecule has 7 heteroatoms. The van der Waals surface area contributed by atoms with E-state index in [1.807, 2.05) is 0 Å². The van der Waals surface area contributed by atoms with Gasteiger partial charge in [-0.1, -0.05) is 24.6 Å². The van der Waals surface area contributed by atoms with Crippen LogP contribution >= 0.6 is 0 Å². The number of oxime groups is 1. The molecular formula is C27H41N3O4. The van der Waals surface area contributed by atoms with Crippen molar-refractivity contribution in [1.82, 2.24) is 10.6 Å². The highest BCUT2D eigenvalue weighted by Gasteiger charge is 2.58. The molecule has 188 valence electrons. The summed E-state index contributed by atoms with van der Waals surface area (Å²) >= 11 is 0. The zero-order valence-corrected chi connectivity index (χ0v) is 20.8. The van der Waals surface area contributed by atoms with Gasteiger partial charge in [0.2, 0.25) is 5.91 Å². The monoisotopic (exact) mass is 471 g/mol. The number of allylic oxidation sites excluding steroid dienone is 2. The molecule has 5 rings (SSSR count). The minimum Gasteiger partial charge on any atom is -0.393 e. The van der Waals surface area contributed by atoms with Crippen molar-refractivity contribution in [2.45, 2.75) is 96.6 Å². The van der Waals surface area contributed by atoms with Crippen LogP contribution in [0.15, 0.2) is 16.8 Å². The zero-order chi connectivity index (χ0) is 23.9. The highest BCUT2D eigenvalue weighted by Crippen LogP contribution is 2.65. The van der Waals surface area contributed by atoms with Gasteiger partial charge in [-0.25, -0.2) is 0 Å². The first-order valence-corrected chi connectivity index (χ1v) is 13.5. The number of carbonyl (C=O) groups excluding carboxylic acids is 2. The van der Waals surface area contributed by atoms with Gasteiger partial charge in [0.15, 0.2) is 6.61 Å². The summed E-state index contributed by atoms with van der Waals surface area (Å²) in [5.74, 6) is 1.66. The molecule has 7 atom stereocenters. The second-order valence-corrected chi connectivity index (χ2v) is 11.9. The molecule has 0 radical (unpaired) electrons. The van der Waals surface area contributed by atoms with E-state index in [4.69, 9.17) is 4.84 Å². The number of fused-ring (bicyclic) bond motifs is 5. The molecule has 0 aromatic carbocycles. The van der Waals surface area contributed by atoms with E-state index in [0.717, 1.165) is 56.6 Å². The number of nitrogens with one attached hydrogen (secondary N) is 2. The lowest BCUT2D eigenvalue weighted by Gasteiger charge is -2.57. The summed E-state index contributed by atoms with van der Waals surface area (Å²) in [6.07, 6.45) is 13.4. The second kappa shape index (κ2) is 9.29. The first kappa shape index (κ1) is 23.8. The Balaban J connectivity index is 1.19. The van der Waals surface area contributed by atoms with Crippen molar-refractivity contribution in [2.75, 3.05) is 13.2 Å². The number of aliphatic hydroxyl groups is 1. The van der Waals surface area contributed by atoms with Gasteiger partial charge >= 0.3 is 0 Å². The Kier molecular flexibility index (Phi) is 6.51. The Morgan fingerprint density at radius 3 is 2.85 bits per heavy atom. The third-order valence-corrected chi connectivity index (χ3v) is 10.2. The van der Waals surface area contributed by atoms with E-state index in [1.165, 1.54) is 24.8 Å². The Bertz CT molecular complexity index is 885. The van der Waals surface area contributed by atoms with E-state index in [1.54, 1.807) is 0 Å². The van der Waals surface area contributed by atoms with E-state index in [0.29, 0.717) is 24.8 Å². The standard InChI is InChI=1S/C27H41N3O4/c1-26-12-10-18(30-34-16-24(32)29-22-5-3-4-14-28-25(22)33)15-17(26)6-7-19-20-8-9-23(31)27(20,2)13-11-21(19)26/h15,19-23,31H,3-14,16H2,1-2H3,(H,28,33)(H,29,32)/b30-18+/t19-,20-,21-,22+,23+,26-,27-/m0/s1. The third-order valence-electron chi connectivity index (χ3n) is 10.2. The van der Waals surface area contributed by atoms with Gasteiger partial charge in [-0.05, 0) is 105 Å². The van der Waals surface area contributed by atoms with Crippen LogP contribution in [0.25, 0.3) is 0 Å². The minimum absolute atomic E-state index is 0.112. The van der Waals surface area contributed by atoms with Gasteiger partial charge < -0.3 is 20.6 Å². The van der Waals surface area contributed by atoms with Crippen LogP contribution in [0.2, 0.25) is 0 Å². The van der Waals surface area contributed by atoms with E-state index in [-0.39, 0.29) is 35.4 Å². The first-order chi connectivity index (χ1) is 16.3. The summed E-state index contributed by atoms with van der Waals surface area (Å²) in [7, 11) is 0. The Morgan fingerprint density at radius 1 is 1.15 bits per heavy atom. The topological polar surface area (TPSA) is 100 Å². The number of rotatable bonds is 4. The molecule has 34 heavy (non-hydrogen) atoms. The maximum atomic E-state index is 12.3. The molecule has 7 nitrogen and oxygen atoms in total. The average Bonchev–Trinajstić information content (AvgIpc) is 2.97. The largest absolute Gasteiger partial charge is 0.393 e. The van der Waals surface area contributed by atoms with Crippen molar-refractivity contribution in [3.8, 4) is 0 Å². The molecule has 3 N–H and O–H groups in total. The average molecular weight is 472 g/mol. The quantitative estimate of drug-likeness (QED) is 0.547. The first-order valence-electron chi connectivity index (χ1n) is 13.5. The summed E-state index contributed by atoms with van der Waals surface area (Å²) in [6, 6.07) is -0.475. The minimum atomic E-state index is -0.475. The zero-order valence-electron chi connectivity index (χ0n) is 20.8. The molecule has 3 saturated carbocycles. The van der Waals surface area contributed by atoms with Crippen molar-refractivity contribution in [3.63, 3.8) is 0 Å². The fourth-order valence-corrected chi connectivity index (χ4v) is 8.10. The van der Waals surface area contributed by atoms with Crippen molar-refractivity contribution in [3.05, 3.63) is 11.6 Å². The fraction of sp³-hybridized carbons (Fsp3) is 0.815. The number of nitrogens with zero attached hydrogens (tertiary/aromatic N) is 1. The molecule has 1 aliphatic heterocycles. The molecule has 0 aromatic heterocycles. The molecule has 1 saturated heterocycles. The Morgan fingerprint density at radius 2 is 2.00 bits per heavy atom. The molecule has 0 bridgehead atoms. The van der Waals surface area contributed by atoms with Crippen LogP contribution in [0.1, 0.15) is 84.5 Å². The molecule has 5 aliphatic rings. The van der Waals surface area contributed by atoms with Gasteiger partial charge in [0, 0.05) is 6.54 Å². The molecule has 0 aromatic rings. The van der Waals surface area contributed by atoms with Crippen LogP contribution in [0.4, 0.5) is 0 Å². The predicted molar refractivity (Wildman–Crippen MR) is 130 cm³/mol. The van der Waals surface area contributed by atoms with E-state index in [2.05, 4.69) is 35.7 Å². The Labute approximate surface area is 203 Å². The lowest BCUT2D eigenvalue weighted by atomic mass is 9.47. The van der Waals surface area contributed by atoms with E-state index in [9.17, 15) is 14.7 Å². The molecule has 4 aliphatic carbocycles. The molecule has 0 unspecified atom stereocenters. The summed E-state index contributed by atoms with van der Waals surface area (Å²) in [5, 5.41) is 20.6. The Hall–Kier alpha value is -1.89. The number of hydrogen-bond acceptors (Lipinski definition) is 5.